The number of halogens is 1. The van der Waals surface area contributed by atoms with Gasteiger partial charge in [0.25, 0.3) is 11.6 Å². The highest BCUT2D eigenvalue weighted by Crippen LogP contribution is 2.19. The van der Waals surface area contributed by atoms with Gasteiger partial charge in [0.05, 0.1) is 4.92 Å². The number of benzene rings is 1. The number of nitrogens with zero attached hydrogens (tertiary/aromatic N) is 1. The van der Waals surface area contributed by atoms with E-state index in [9.17, 15) is 14.9 Å². The molecule has 100 valence electrons. The van der Waals surface area contributed by atoms with E-state index in [2.05, 4.69) is 5.32 Å². The minimum atomic E-state index is -0.502. The number of nitrogens with two attached hydrogens (primary N) is 1. The van der Waals surface area contributed by atoms with Gasteiger partial charge in [-0.15, -0.1) is 12.4 Å². The number of hydrogen-bond acceptors (Lipinski definition) is 4. The number of carbonyl (C=O) groups excluding carboxylic acids is 1. The van der Waals surface area contributed by atoms with Crippen molar-refractivity contribution in [3.63, 3.8) is 0 Å². The van der Waals surface area contributed by atoms with E-state index < -0.39 is 4.92 Å². The van der Waals surface area contributed by atoms with Crippen LogP contribution in [0, 0.1) is 17.0 Å². The lowest BCUT2D eigenvalue weighted by Crippen LogP contribution is -2.37. The second kappa shape index (κ2) is 6.93. The van der Waals surface area contributed by atoms with Crippen LogP contribution in [0.25, 0.3) is 0 Å². The molecular weight excluding hydrogens is 258 g/mol. The molecule has 1 aromatic rings. The zero-order valence-electron chi connectivity index (χ0n) is 10.2. The van der Waals surface area contributed by atoms with Gasteiger partial charge in [0.2, 0.25) is 0 Å². The average molecular weight is 274 g/mol. The molecule has 6 nitrogen and oxygen atoms in total. The van der Waals surface area contributed by atoms with Crippen molar-refractivity contribution in [3.8, 4) is 0 Å². The molecule has 7 heteroatoms. The number of nitrogens with one attached hydrogen (secondary N) is 1. The van der Waals surface area contributed by atoms with Gasteiger partial charge < -0.3 is 11.1 Å². The van der Waals surface area contributed by atoms with Crippen LogP contribution in [0.15, 0.2) is 18.2 Å². The van der Waals surface area contributed by atoms with Gasteiger partial charge in [0, 0.05) is 29.8 Å². The molecule has 18 heavy (non-hydrogen) atoms. The highest BCUT2D eigenvalue weighted by atomic mass is 35.5. The van der Waals surface area contributed by atoms with E-state index in [4.69, 9.17) is 5.73 Å². The third kappa shape index (κ3) is 3.97. The highest BCUT2D eigenvalue weighted by Gasteiger charge is 2.15. The van der Waals surface area contributed by atoms with Crippen molar-refractivity contribution in [2.45, 2.75) is 19.9 Å². The van der Waals surface area contributed by atoms with Crippen LogP contribution in [0.4, 0.5) is 5.69 Å². The fraction of sp³-hybridized carbons (Fsp3) is 0.364. The standard InChI is InChI=1S/C11H15N3O3.ClH/c1-7-3-4-9(5-10(7)14(16)17)11(15)13-8(2)6-12;/h3-5,8H,6,12H2,1-2H3,(H,13,15);1H/t8-;/m1./s1. The molecule has 1 amide bonds. The second-order valence-electron chi connectivity index (χ2n) is 3.87. The van der Waals surface area contributed by atoms with Crippen LogP contribution in [0.1, 0.15) is 22.8 Å². The topological polar surface area (TPSA) is 98.3 Å². The van der Waals surface area contributed by atoms with Crippen molar-refractivity contribution in [3.05, 3.63) is 39.4 Å². The number of aryl methyl sites for hydroxylation is 1. The van der Waals surface area contributed by atoms with Crippen molar-refractivity contribution >= 4 is 24.0 Å². The first-order valence-corrected chi connectivity index (χ1v) is 5.21. The number of nitro groups is 1. The summed E-state index contributed by atoms with van der Waals surface area (Å²) in [5, 5.41) is 13.4. The number of nitro benzene ring substituents is 1. The molecule has 1 aromatic carbocycles. The Kier molecular flexibility index (Phi) is 6.29. The molecule has 0 aliphatic heterocycles. The van der Waals surface area contributed by atoms with E-state index in [-0.39, 0.29) is 35.6 Å². The van der Waals surface area contributed by atoms with E-state index in [1.165, 1.54) is 6.07 Å². The smallest absolute Gasteiger partial charge is 0.273 e. The van der Waals surface area contributed by atoms with Gasteiger partial charge in [-0.3, -0.25) is 14.9 Å². The first-order chi connectivity index (χ1) is 7.95. The van der Waals surface area contributed by atoms with Gasteiger partial charge in [0.1, 0.15) is 0 Å². The zero-order valence-corrected chi connectivity index (χ0v) is 11.0. The predicted octanol–water partition coefficient (Wildman–Crippen LogP) is 1.40. The molecule has 0 bridgehead atoms. The fourth-order valence-electron chi connectivity index (χ4n) is 1.31. The molecule has 0 heterocycles. The molecule has 0 saturated heterocycles. The summed E-state index contributed by atoms with van der Waals surface area (Å²) in [6.45, 7) is 3.71. The van der Waals surface area contributed by atoms with E-state index in [0.29, 0.717) is 12.1 Å². The van der Waals surface area contributed by atoms with E-state index >= 15 is 0 Å². The van der Waals surface area contributed by atoms with Crippen LogP contribution < -0.4 is 11.1 Å². The van der Waals surface area contributed by atoms with Crippen molar-refractivity contribution in [2.75, 3.05) is 6.54 Å². The Morgan fingerprint density at radius 1 is 1.56 bits per heavy atom. The molecular formula is C11H16ClN3O3. The van der Waals surface area contributed by atoms with Crippen LogP contribution in [-0.2, 0) is 0 Å². The molecule has 0 spiro atoms. The number of carbonyl (C=O) groups is 1. The Labute approximate surface area is 111 Å². The average Bonchev–Trinajstić information content (AvgIpc) is 2.28. The normalized spacial score (nSPS) is 11.3. The van der Waals surface area contributed by atoms with E-state index in [1.807, 2.05) is 0 Å². The molecule has 0 aromatic heterocycles. The fourth-order valence-corrected chi connectivity index (χ4v) is 1.31. The lowest BCUT2D eigenvalue weighted by Gasteiger charge is -2.11. The maximum atomic E-state index is 11.7. The highest BCUT2D eigenvalue weighted by molar-refractivity contribution is 5.95. The third-order valence-electron chi connectivity index (χ3n) is 2.40. The van der Waals surface area contributed by atoms with Crippen molar-refractivity contribution < 1.29 is 9.72 Å². The van der Waals surface area contributed by atoms with Gasteiger partial charge in [-0.05, 0) is 19.9 Å². The monoisotopic (exact) mass is 273 g/mol. The SMILES string of the molecule is Cc1ccc(C(=O)N[C@H](C)CN)cc1[N+](=O)[O-].Cl. The number of amides is 1. The summed E-state index contributed by atoms with van der Waals surface area (Å²) in [4.78, 5) is 21.9. The van der Waals surface area contributed by atoms with Crippen molar-refractivity contribution in [2.24, 2.45) is 5.73 Å². The molecule has 0 fully saturated rings. The van der Waals surface area contributed by atoms with Crippen LogP contribution in [0.2, 0.25) is 0 Å². The number of rotatable bonds is 4. The maximum absolute atomic E-state index is 11.7. The Hall–Kier alpha value is -1.66. The summed E-state index contributed by atoms with van der Waals surface area (Å²) in [5.74, 6) is -0.356. The molecule has 3 N–H and O–H groups in total. The Bertz CT molecular complexity index is 451. The molecule has 0 saturated carbocycles. The summed E-state index contributed by atoms with van der Waals surface area (Å²) < 4.78 is 0. The van der Waals surface area contributed by atoms with E-state index in [1.54, 1.807) is 26.0 Å². The van der Waals surface area contributed by atoms with Crippen LogP contribution in [0.5, 0.6) is 0 Å². The van der Waals surface area contributed by atoms with Crippen LogP contribution in [0.3, 0.4) is 0 Å². The molecule has 0 aliphatic rings. The largest absolute Gasteiger partial charge is 0.348 e. The van der Waals surface area contributed by atoms with Gasteiger partial charge in [0.15, 0.2) is 0 Å². The van der Waals surface area contributed by atoms with Gasteiger partial charge in [-0.2, -0.15) is 0 Å². The lowest BCUT2D eigenvalue weighted by molar-refractivity contribution is -0.385. The van der Waals surface area contributed by atoms with Crippen molar-refractivity contribution in [1.82, 2.24) is 5.32 Å². The second-order valence-corrected chi connectivity index (χ2v) is 3.87. The van der Waals surface area contributed by atoms with Gasteiger partial charge in [-0.1, -0.05) is 6.07 Å². The summed E-state index contributed by atoms with van der Waals surface area (Å²) in [6.07, 6.45) is 0. The van der Waals surface area contributed by atoms with Crippen LogP contribution in [-0.4, -0.2) is 23.4 Å². The zero-order chi connectivity index (χ0) is 13.0. The molecule has 0 unspecified atom stereocenters. The van der Waals surface area contributed by atoms with E-state index in [0.717, 1.165) is 0 Å². The number of hydrogen-bond donors (Lipinski definition) is 2. The van der Waals surface area contributed by atoms with Crippen molar-refractivity contribution in [1.29, 1.82) is 0 Å². The van der Waals surface area contributed by atoms with Gasteiger partial charge >= 0.3 is 0 Å². The molecule has 0 radical (unpaired) electrons. The maximum Gasteiger partial charge on any atom is 0.273 e. The quantitative estimate of drug-likeness (QED) is 0.640. The summed E-state index contributed by atoms with van der Waals surface area (Å²) in [7, 11) is 0. The Morgan fingerprint density at radius 2 is 2.17 bits per heavy atom. The Morgan fingerprint density at radius 3 is 2.67 bits per heavy atom. The van der Waals surface area contributed by atoms with Gasteiger partial charge in [-0.25, -0.2) is 0 Å². The lowest BCUT2D eigenvalue weighted by atomic mass is 10.1. The summed E-state index contributed by atoms with van der Waals surface area (Å²) in [6, 6.07) is 4.22. The first-order valence-electron chi connectivity index (χ1n) is 5.21. The molecule has 0 aliphatic carbocycles. The Balaban J connectivity index is 0.00000289. The molecule has 1 rings (SSSR count). The first kappa shape index (κ1) is 16.3. The summed E-state index contributed by atoms with van der Waals surface area (Å²) in [5.41, 5.74) is 6.11. The third-order valence-corrected chi connectivity index (χ3v) is 2.40. The predicted molar refractivity (Wildman–Crippen MR) is 71.1 cm³/mol. The van der Waals surface area contributed by atoms with Crippen LogP contribution >= 0.6 is 12.4 Å². The summed E-state index contributed by atoms with van der Waals surface area (Å²) >= 11 is 0. The minimum absolute atomic E-state index is 0. The minimum Gasteiger partial charge on any atom is -0.348 e. The molecule has 1 atom stereocenters.